The van der Waals surface area contributed by atoms with Crippen molar-refractivity contribution in [1.82, 2.24) is 5.32 Å². The van der Waals surface area contributed by atoms with E-state index in [9.17, 15) is 4.79 Å². The van der Waals surface area contributed by atoms with Gasteiger partial charge >= 0.3 is 0 Å². The number of carbonyl (C=O) groups is 1. The second-order valence-corrected chi connectivity index (χ2v) is 6.56. The molecule has 0 heterocycles. The highest BCUT2D eigenvalue weighted by molar-refractivity contribution is 5.78. The van der Waals surface area contributed by atoms with Crippen LogP contribution in [0.4, 0.5) is 0 Å². The molecule has 0 saturated carbocycles. The summed E-state index contributed by atoms with van der Waals surface area (Å²) in [5.74, 6) is 0.563. The van der Waals surface area contributed by atoms with Crippen LogP contribution in [0.2, 0.25) is 0 Å². The normalized spacial score (nSPS) is 12.9. The zero-order valence-corrected chi connectivity index (χ0v) is 13.7. The van der Waals surface area contributed by atoms with Crippen LogP contribution < -0.4 is 10.1 Å². The molecule has 0 radical (unpaired) electrons. The highest BCUT2D eigenvalue weighted by Gasteiger charge is 2.25. The lowest BCUT2D eigenvalue weighted by Gasteiger charge is -2.31. The van der Waals surface area contributed by atoms with E-state index in [4.69, 9.17) is 9.84 Å². The highest BCUT2D eigenvalue weighted by Crippen LogP contribution is 2.22. The first-order valence-electron chi connectivity index (χ1n) is 7.34. The minimum absolute atomic E-state index is 0.0120. The smallest absolute Gasteiger partial charge is 0.258 e. The molecule has 0 aliphatic carbocycles. The summed E-state index contributed by atoms with van der Waals surface area (Å²) in [7, 11) is 0. The minimum Gasteiger partial charge on any atom is -0.484 e. The van der Waals surface area contributed by atoms with Gasteiger partial charge in [-0.15, -0.1) is 0 Å². The summed E-state index contributed by atoms with van der Waals surface area (Å²) >= 11 is 0. The van der Waals surface area contributed by atoms with Gasteiger partial charge < -0.3 is 15.2 Å². The van der Waals surface area contributed by atoms with Crippen LogP contribution in [0.5, 0.6) is 5.75 Å². The van der Waals surface area contributed by atoms with E-state index in [1.165, 1.54) is 5.56 Å². The van der Waals surface area contributed by atoms with Crippen LogP contribution in [0.15, 0.2) is 18.2 Å². The van der Waals surface area contributed by atoms with Crippen LogP contribution in [0.25, 0.3) is 0 Å². The molecule has 4 heteroatoms. The zero-order valence-electron chi connectivity index (χ0n) is 13.7. The molecule has 1 rings (SSSR count). The van der Waals surface area contributed by atoms with E-state index in [0.717, 1.165) is 11.3 Å². The lowest BCUT2D eigenvalue weighted by molar-refractivity contribution is -0.124. The molecule has 2 N–H and O–H groups in total. The molecule has 0 saturated heterocycles. The molecule has 0 fully saturated rings. The van der Waals surface area contributed by atoms with Gasteiger partial charge in [-0.1, -0.05) is 38.5 Å². The Hall–Kier alpha value is -1.55. The third-order valence-electron chi connectivity index (χ3n) is 3.49. The van der Waals surface area contributed by atoms with Gasteiger partial charge in [-0.25, -0.2) is 0 Å². The van der Waals surface area contributed by atoms with Gasteiger partial charge in [0.15, 0.2) is 6.61 Å². The number of hydrogen-bond acceptors (Lipinski definition) is 3. The zero-order chi connectivity index (χ0) is 16.0. The Labute approximate surface area is 127 Å². The van der Waals surface area contributed by atoms with Gasteiger partial charge in [0.05, 0.1) is 0 Å². The number of aliphatic hydroxyl groups excluding tert-OH is 1. The molecule has 1 atom stereocenters. The molecule has 1 aromatic rings. The fourth-order valence-corrected chi connectivity index (χ4v) is 2.19. The highest BCUT2D eigenvalue weighted by atomic mass is 16.5. The maximum absolute atomic E-state index is 12.0. The van der Waals surface area contributed by atoms with Gasteiger partial charge in [0.2, 0.25) is 0 Å². The number of amides is 1. The molecule has 118 valence electrons. The number of ether oxygens (including phenoxy) is 1. The van der Waals surface area contributed by atoms with E-state index in [0.29, 0.717) is 6.42 Å². The van der Waals surface area contributed by atoms with Gasteiger partial charge in [0.25, 0.3) is 5.91 Å². The Morgan fingerprint density at radius 2 is 2.00 bits per heavy atom. The molecule has 0 aliphatic rings. The second kappa shape index (κ2) is 7.46. The molecule has 0 aliphatic heterocycles. The molecule has 0 bridgehead atoms. The van der Waals surface area contributed by atoms with Crippen molar-refractivity contribution in [2.45, 2.75) is 47.1 Å². The number of rotatable bonds is 6. The van der Waals surface area contributed by atoms with Gasteiger partial charge in [-0.2, -0.15) is 0 Å². The van der Waals surface area contributed by atoms with Crippen LogP contribution >= 0.6 is 0 Å². The van der Waals surface area contributed by atoms with Gasteiger partial charge in [0.1, 0.15) is 5.75 Å². The topological polar surface area (TPSA) is 58.6 Å². The van der Waals surface area contributed by atoms with Crippen LogP contribution in [0.3, 0.4) is 0 Å². The van der Waals surface area contributed by atoms with Crippen molar-refractivity contribution in [3.8, 4) is 5.75 Å². The Kier molecular flexibility index (Phi) is 6.21. The first-order chi connectivity index (χ1) is 9.74. The summed E-state index contributed by atoms with van der Waals surface area (Å²) in [4.78, 5) is 12.0. The van der Waals surface area contributed by atoms with Crippen LogP contribution in [-0.2, 0) is 4.79 Å². The van der Waals surface area contributed by atoms with Crippen molar-refractivity contribution in [2.75, 3.05) is 13.2 Å². The number of nitrogens with one attached hydrogen (secondary N) is 1. The molecular weight excluding hydrogens is 266 g/mol. The quantitative estimate of drug-likeness (QED) is 0.847. The summed E-state index contributed by atoms with van der Waals surface area (Å²) in [5.41, 5.74) is 2.09. The molecule has 1 unspecified atom stereocenters. The Bertz CT molecular complexity index is 477. The largest absolute Gasteiger partial charge is 0.484 e. The van der Waals surface area contributed by atoms with Gasteiger partial charge in [0, 0.05) is 12.6 Å². The Balaban J connectivity index is 2.57. The first-order valence-corrected chi connectivity index (χ1v) is 7.34. The number of hydrogen-bond donors (Lipinski definition) is 2. The van der Waals surface area contributed by atoms with Crippen LogP contribution in [0, 0.1) is 19.3 Å². The standard InChI is InChI=1S/C17H27NO3/c1-12-6-7-14(13(2)10-12)21-11-16(20)18-15(8-9-19)17(3,4)5/h6-7,10,15,19H,8-9,11H2,1-5H3,(H,18,20). The van der Waals surface area contributed by atoms with Crippen LogP contribution in [0.1, 0.15) is 38.3 Å². The third kappa shape index (κ3) is 5.76. The fourth-order valence-electron chi connectivity index (χ4n) is 2.19. The Morgan fingerprint density at radius 1 is 1.33 bits per heavy atom. The third-order valence-corrected chi connectivity index (χ3v) is 3.49. The van der Waals surface area contributed by atoms with E-state index in [-0.39, 0.29) is 30.6 Å². The van der Waals surface area contributed by atoms with Crippen molar-refractivity contribution < 1.29 is 14.6 Å². The first kappa shape index (κ1) is 17.5. The lowest BCUT2D eigenvalue weighted by atomic mass is 9.85. The van der Waals surface area contributed by atoms with E-state index < -0.39 is 0 Å². The van der Waals surface area contributed by atoms with E-state index in [1.54, 1.807) is 0 Å². The van der Waals surface area contributed by atoms with Gasteiger partial charge in [-0.3, -0.25) is 4.79 Å². The molecule has 1 amide bonds. The molecule has 0 aromatic heterocycles. The number of aliphatic hydroxyl groups is 1. The summed E-state index contributed by atoms with van der Waals surface area (Å²) < 4.78 is 5.57. The number of aryl methyl sites for hydroxylation is 2. The average Bonchev–Trinajstić information content (AvgIpc) is 2.36. The van der Waals surface area contributed by atoms with E-state index in [2.05, 4.69) is 5.32 Å². The molecule has 0 spiro atoms. The maximum atomic E-state index is 12.0. The maximum Gasteiger partial charge on any atom is 0.258 e. The predicted molar refractivity (Wildman–Crippen MR) is 84.5 cm³/mol. The summed E-state index contributed by atoms with van der Waals surface area (Å²) in [6.45, 7) is 10.1. The molecule has 21 heavy (non-hydrogen) atoms. The molecule has 1 aromatic carbocycles. The number of benzene rings is 1. The van der Waals surface area contributed by atoms with Crippen molar-refractivity contribution in [3.05, 3.63) is 29.3 Å². The molecule has 4 nitrogen and oxygen atoms in total. The monoisotopic (exact) mass is 293 g/mol. The van der Waals surface area contributed by atoms with Crippen LogP contribution in [-0.4, -0.2) is 30.3 Å². The summed E-state index contributed by atoms with van der Waals surface area (Å²) in [6, 6.07) is 5.80. The van der Waals surface area contributed by atoms with Gasteiger partial charge in [-0.05, 0) is 37.3 Å². The Morgan fingerprint density at radius 3 is 2.52 bits per heavy atom. The van der Waals surface area contributed by atoms with Crippen molar-refractivity contribution in [2.24, 2.45) is 5.41 Å². The minimum atomic E-state index is -0.164. The number of carbonyl (C=O) groups excluding carboxylic acids is 1. The predicted octanol–water partition coefficient (Wildman–Crippen LogP) is 2.60. The van der Waals surface area contributed by atoms with Crippen molar-refractivity contribution in [3.63, 3.8) is 0 Å². The summed E-state index contributed by atoms with van der Waals surface area (Å²) in [6.07, 6.45) is 0.540. The average molecular weight is 293 g/mol. The van der Waals surface area contributed by atoms with Crippen molar-refractivity contribution in [1.29, 1.82) is 0 Å². The van der Waals surface area contributed by atoms with Crippen molar-refractivity contribution >= 4 is 5.91 Å². The second-order valence-electron chi connectivity index (χ2n) is 6.56. The SMILES string of the molecule is Cc1ccc(OCC(=O)NC(CCO)C(C)(C)C)c(C)c1. The molecular formula is C17H27NO3. The summed E-state index contributed by atoms with van der Waals surface area (Å²) in [5, 5.41) is 12.0. The fraction of sp³-hybridized carbons (Fsp3) is 0.588. The lowest BCUT2D eigenvalue weighted by Crippen LogP contribution is -2.46. The van der Waals surface area contributed by atoms with E-state index >= 15 is 0 Å². The van der Waals surface area contributed by atoms with E-state index in [1.807, 2.05) is 52.8 Å².